The van der Waals surface area contributed by atoms with E-state index >= 15 is 0 Å². The van der Waals surface area contributed by atoms with Crippen molar-refractivity contribution in [1.82, 2.24) is 9.80 Å². The van der Waals surface area contributed by atoms with Crippen LogP contribution in [0.4, 0.5) is 4.79 Å². The normalized spacial score (nSPS) is 15.4. The molecule has 1 amide bonds. The first-order valence-electron chi connectivity index (χ1n) is 9.80. The first-order chi connectivity index (χ1) is 13.4. The van der Waals surface area contributed by atoms with E-state index in [1.54, 1.807) is 4.90 Å². The number of hydrogen-bond donors (Lipinski definition) is 1. The third-order valence-corrected chi connectivity index (χ3v) is 4.97. The SMILES string of the molecule is CCc1cc2c(CN3CCN(C(=O)OCC(C)C)CC3)cc(=O)oc2cc1O. The Kier molecular flexibility index (Phi) is 6.24. The van der Waals surface area contributed by atoms with Crippen LogP contribution in [0, 0.1) is 5.92 Å². The van der Waals surface area contributed by atoms with E-state index in [-0.39, 0.29) is 11.8 Å². The number of phenolic OH excluding ortho intramolecular Hbond substituents is 1. The molecule has 2 heterocycles. The van der Waals surface area contributed by atoms with Crippen LogP contribution >= 0.6 is 0 Å². The van der Waals surface area contributed by atoms with Crippen LogP contribution in [0.15, 0.2) is 27.4 Å². The van der Waals surface area contributed by atoms with Crippen molar-refractivity contribution >= 4 is 17.1 Å². The number of carbonyl (C=O) groups excluding carboxylic acids is 1. The second-order valence-corrected chi connectivity index (χ2v) is 7.66. The van der Waals surface area contributed by atoms with Crippen LogP contribution in [0.5, 0.6) is 5.75 Å². The van der Waals surface area contributed by atoms with Crippen LogP contribution in [-0.2, 0) is 17.7 Å². The number of nitrogens with zero attached hydrogens (tertiary/aromatic N) is 2. The highest BCUT2D eigenvalue weighted by Crippen LogP contribution is 2.27. The molecule has 1 aromatic carbocycles. The standard InChI is InChI=1S/C21H28N2O5/c1-4-15-9-17-16(10-20(25)28-19(17)11-18(15)24)12-22-5-7-23(8-6-22)21(26)27-13-14(2)3/h9-11,14,24H,4-8,12-13H2,1-3H3. The molecule has 2 aromatic rings. The molecule has 0 saturated carbocycles. The zero-order valence-electron chi connectivity index (χ0n) is 16.7. The summed E-state index contributed by atoms with van der Waals surface area (Å²) in [6.45, 7) is 9.61. The van der Waals surface area contributed by atoms with Crippen molar-refractivity contribution in [2.24, 2.45) is 5.92 Å². The zero-order chi connectivity index (χ0) is 20.3. The number of phenols is 1. The van der Waals surface area contributed by atoms with E-state index in [1.165, 1.54) is 12.1 Å². The Labute approximate surface area is 164 Å². The molecule has 0 bridgehead atoms. The first-order valence-corrected chi connectivity index (χ1v) is 9.80. The van der Waals surface area contributed by atoms with Crippen molar-refractivity contribution in [3.8, 4) is 5.75 Å². The van der Waals surface area contributed by atoms with Crippen LogP contribution < -0.4 is 5.63 Å². The fourth-order valence-corrected chi connectivity index (χ4v) is 3.38. The quantitative estimate of drug-likeness (QED) is 0.793. The van der Waals surface area contributed by atoms with Crippen molar-refractivity contribution in [3.05, 3.63) is 39.7 Å². The van der Waals surface area contributed by atoms with Gasteiger partial charge in [-0.05, 0) is 29.5 Å². The van der Waals surface area contributed by atoms with Gasteiger partial charge in [-0.25, -0.2) is 9.59 Å². The summed E-state index contributed by atoms with van der Waals surface area (Å²) >= 11 is 0. The van der Waals surface area contributed by atoms with Crippen LogP contribution in [0.2, 0.25) is 0 Å². The number of fused-ring (bicyclic) bond motifs is 1. The van der Waals surface area contributed by atoms with Gasteiger partial charge in [-0.15, -0.1) is 0 Å². The number of hydrogen-bond acceptors (Lipinski definition) is 6. The molecule has 0 aliphatic carbocycles. The first kappa shape index (κ1) is 20.2. The minimum Gasteiger partial charge on any atom is -0.508 e. The molecule has 1 N–H and O–H groups in total. The van der Waals surface area contributed by atoms with E-state index in [0.29, 0.717) is 57.3 Å². The van der Waals surface area contributed by atoms with Gasteiger partial charge in [0.25, 0.3) is 0 Å². The van der Waals surface area contributed by atoms with Crippen molar-refractivity contribution in [2.75, 3.05) is 32.8 Å². The highest BCUT2D eigenvalue weighted by atomic mass is 16.6. The topological polar surface area (TPSA) is 83.2 Å². The van der Waals surface area contributed by atoms with E-state index in [9.17, 15) is 14.7 Å². The number of aryl methyl sites for hydroxylation is 1. The minimum absolute atomic E-state index is 0.142. The molecule has 0 unspecified atom stereocenters. The lowest BCUT2D eigenvalue weighted by atomic mass is 10.0. The van der Waals surface area contributed by atoms with Gasteiger partial charge >= 0.3 is 11.7 Å². The van der Waals surface area contributed by atoms with Crippen LogP contribution in [0.1, 0.15) is 31.9 Å². The summed E-state index contributed by atoms with van der Waals surface area (Å²) in [5.41, 5.74) is 1.66. The molecule has 7 heteroatoms. The Morgan fingerprint density at radius 2 is 1.89 bits per heavy atom. The minimum atomic E-state index is -0.429. The lowest BCUT2D eigenvalue weighted by Gasteiger charge is -2.34. The molecule has 28 heavy (non-hydrogen) atoms. The molecule has 1 saturated heterocycles. The zero-order valence-corrected chi connectivity index (χ0v) is 16.7. The number of benzene rings is 1. The third-order valence-electron chi connectivity index (χ3n) is 4.97. The van der Waals surface area contributed by atoms with E-state index in [4.69, 9.17) is 9.15 Å². The summed E-state index contributed by atoms with van der Waals surface area (Å²) in [4.78, 5) is 28.0. The summed E-state index contributed by atoms with van der Waals surface area (Å²) < 4.78 is 10.6. The molecule has 0 spiro atoms. The van der Waals surface area contributed by atoms with Gasteiger partial charge < -0.3 is 19.2 Å². The molecule has 1 aromatic heterocycles. The van der Waals surface area contributed by atoms with Crippen molar-refractivity contribution in [3.63, 3.8) is 0 Å². The van der Waals surface area contributed by atoms with Gasteiger partial charge in [0, 0.05) is 50.2 Å². The summed E-state index contributed by atoms with van der Waals surface area (Å²) in [5, 5.41) is 10.9. The Morgan fingerprint density at radius 1 is 1.18 bits per heavy atom. The van der Waals surface area contributed by atoms with Gasteiger partial charge in [0.05, 0.1) is 6.61 Å². The average Bonchev–Trinajstić information content (AvgIpc) is 2.66. The van der Waals surface area contributed by atoms with Crippen molar-refractivity contribution in [1.29, 1.82) is 0 Å². The summed E-state index contributed by atoms with van der Waals surface area (Å²) in [5.74, 6) is 0.458. The smallest absolute Gasteiger partial charge is 0.409 e. The maximum Gasteiger partial charge on any atom is 0.409 e. The average molecular weight is 388 g/mol. The van der Waals surface area contributed by atoms with Gasteiger partial charge in [-0.3, -0.25) is 4.90 Å². The number of ether oxygens (including phenoxy) is 1. The van der Waals surface area contributed by atoms with Crippen LogP contribution in [0.25, 0.3) is 11.0 Å². The second-order valence-electron chi connectivity index (χ2n) is 7.66. The van der Waals surface area contributed by atoms with Gasteiger partial charge in [-0.1, -0.05) is 20.8 Å². The molecular weight excluding hydrogens is 360 g/mol. The molecule has 1 aliphatic rings. The Bertz CT molecular complexity index is 898. The van der Waals surface area contributed by atoms with Crippen molar-refractivity contribution < 1.29 is 19.1 Å². The van der Waals surface area contributed by atoms with E-state index in [1.807, 2.05) is 26.8 Å². The number of aromatic hydroxyl groups is 1. The Balaban J connectivity index is 1.70. The fraction of sp³-hybridized carbons (Fsp3) is 0.524. The molecule has 152 valence electrons. The molecule has 0 atom stereocenters. The molecular formula is C21H28N2O5. The van der Waals surface area contributed by atoms with Gasteiger partial charge in [-0.2, -0.15) is 0 Å². The highest BCUT2D eigenvalue weighted by Gasteiger charge is 2.23. The predicted octanol–water partition coefficient (Wildman–Crippen LogP) is 2.97. The second kappa shape index (κ2) is 8.65. The third kappa shape index (κ3) is 4.65. The van der Waals surface area contributed by atoms with Crippen LogP contribution in [-0.4, -0.2) is 53.8 Å². The van der Waals surface area contributed by atoms with Gasteiger partial charge in [0.15, 0.2) is 0 Å². The predicted molar refractivity (Wildman–Crippen MR) is 107 cm³/mol. The van der Waals surface area contributed by atoms with Crippen LogP contribution in [0.3, 0.4) is 0 Å². The number of carbonyl (C=O) groups is 1. The van der Waals surface area contributed by atoms with Crippen molar-refractivity contribution in [2.45, 2.75) is 33.7 Å². The molecule has 1 fully saturated rings. The molecule has 7 nitrogen and oxygen atoms in total. The van der Waals surface area contributed by atoms with Gasteiger partial charge in [0.2, 0.25) is 0 Å². The number of piperazine rings is 1. The van der Waals surface area contributed by atoms with E-state index in [0.717, 1.165) is 16.5 Å². The highest BCUT2D eigenvalue weighted by molar-refractivity contribution is 5.82. The number of rotatable bonds is 5. The maximum atomic E-state index is 12.1. The molecule has 0 radical (unpaired) electrons. The fourth-order valence-electron chi connectivity index (χ4n) is 3.38. The largest absolute Gasteiger partial charge is 0.508 e. The Hall–Kier alpha value is -2.54. The lowest BCUT2D eigenvalue weighted by Crippen LogP contribution is -2.48. The summed E-state index contributed by atoms with van der Waals surface area (Å²) in [6.07, 6.45) is 0.430. The van der Waals surface area contributed by atoms with Gasteiger partial charge in [0.1, 0.15) is 11.3 Å². The molecule has 3 rings (SSSR count). The maximum absolute atomic E-state index is 12.1. The lowest BCUT2D eigenvalue weighted by molar-refractivity contribution is 0.0676. The van der Waals surface area contributed by atoms with E-state index < -0.39 is 5.63 Å². The molecule has 1 aliphatic heterocycles. The Morgan fingerprint density at radius 3 is 2.54 bits per heavy atom. The monoisotopic (exact) mass is 388 g/mol. The number of amides is 1. The summed E-state index contributed by atoms with van der Waals surface area (Å²) in [6, 6.07) is 4.92. The summed E-state index contributed by atoms with van der Waals surface area (Å²) in [7, 11) is 0. The van der Waals surface area contributed by atoms with E-state index in [2.05, 4.69) is 4.90 Å².